The van der Waals surface area contributed by atoms with E-state index in [2.05, 4.69) is 24.5 Å². The molecule has 5 heteroatoms. The second-order valence-corrected chi connectivity index (χ2v) is 6.53. The van der Waals surface area contributed by atoms with Crippen LogP contribution in [0.25, 0.3) is 0 Å². The van der Waals surface area contributed by atoms with Gasteiger partial charge in [-0.05, 0) is 37.3 Å². The highest BCUT2D eigenvalue weighted by molar-refractivity contribution is 5.92. The van der Waals surface area contributed by atoms with E-state index in [4.69, 9.17) is 0 Å². The van der Waals surface area contributed by atoms with Gasteiger partial charge in [0.2, 0.25) is 5.91 Å². The van der Waals surface area contributed by atoms with Crippen molar-refractivity contribution >= 4 is 17.6 Å². The van der Waals surface area contributed by atoms with Gasteiger partial charge < -0.3 is 15.5 Å². The van der Waals surface area contributed by atoms with E-state index in [1.807, 2.05) is 35.2 Å². The molecule has 0 aromatic heterocycles. The van der Waals surface area contributed by atoms with Crippen molar-refractivity contribution in [2.24, 2.45) is 11.8 Å². The van der Waals surface area contributed by atoms with Crippen molar-refractivity contribution in [3.63, 3.8) is 0 Å². The van der Waals surface area contributed by atoms with Crippen LogP contribution in [0.2, 0.25) is 0 Å². The van der Waals surface area contributed by atoms with Crippen molar-refractivity contribution in [2.75, 3.05) is 25.0 Å². The zero-order valence-corrected chi connectivity index (χ0v) is 14.0. The predicted octanol–water partition coefficient (Wildman–Crippen LogP) is 3.09. The first-order valence-corrected chi connectivity index (χ1v) is 8.45. The number of likely N-dealkylation sites (tertiary alicyclic amines) is 1. The molecule has 0 spiro atoms. The highest BCUT2D eigenvalue weighted by atomic mass is 16.2. The molecule has 5 nitrogen and oxygen atoms in total. The summed E-state index contributed by atoms with van der Waals surface area (Å²) in [4.78, 5) is 26.1. The Morgan fingerprint density at radius 3 is 2.43 bits per heavy atom. The fourth-order valence-electron chi connectivity index (χ4n) is 2.69. The third kappa shape index (κ3) is 5.58. The lowest BCUT2D eigenvalue weighted by atomic mass is 9.96. The lowest BCUT2D eigenvalue weighted by Gasteiger charge is -2.31. The average molecular weight is 317 g/mol. The number of carbonyl (C=O) groups is 2. The van der Waals surface area contributed by atoms with Crippen LogP contribution in [0.15, 0.2) is 30.3 Å². The van der Waals surface area contributed by atoms with Gasteiger partial charge in [0.05, 0.1) is 0 Å². The molecule has 1 heterocycles. The Labute approximate surface area is 138 Å². The zero-order chi connectivity index (χ0) is 16.7. The van der Waals surface area contributed by atoms with Crippen LogP contribution in [-0.4, -0.2) is 36.5 Å². The standard InChI is InChI=1S/C18H27N3O2/c1-14(2)8-11-19-18(23)21-12-9-15(10-13-21)17(22)20-16-6-4-3-5-7-16/h3-7,14-15H,8-13H2,1-2H3,(H,19,23)(H,20,22). The topological polar surface area (TPSA) is 61.4 Å². The number of carbonyl (C=O) groups excluding carboxylic acids is 2. The first-order chi connectivity index (χ1) is 11.1. The van der Waals surface area contributed by atoms with Crippen LogP contribution in [0.1, 0.15) is 33.1 Å². The van der Waals surface area contributed by atoms with Crippen LogP contribution in [0.5, 0.6) is 0 Å². The van der Waals surface area contributed by atoms with Gasteiger partial charge in [0.25, 0.3) is 0 Å². The van der Waals surface area contributed by atoms with Gasteiger partial charge in [-0.2, -0.15) is 0 Å². The SMILES string of the molecule is CC(C)CCNC(=O)N1CCC(C(=O)Nc2ccccc2)CC1. The summed E-state index contributed by atoms with van der Waals surface area (Å²) in [5, 5.41) is 5.90. The van der Waals surface area contributed by atoms with Crippen LogP contribution in [0.3, 0.4) is 0 Å². The molecule has 1 aliphatic heterocycles. The summed E-state index contributed by atoms with van der Waals surface area (Å²) in [5.41, 5.74) is 0.825. The van der Waals surface area contributed by atoms with E-state index in [0.29, 0.717) is 25.6 Å². The van der Waals surface area contributed by atoms with Crippen LogP contribution in [-0.2, 0) is 4.79 Å². The first-order valence-electron chi connectivity index (χ1n) is 8.45. The molecule has 1 aliphatic rings. The summed E-state index contributed by atoms with van der Waals surface area (Å²) in [6.07, 6.45) is 2.42. The van der Waals surface area contributed by atoms with Crippen molar-refractivity contribution in [3.8, 4) is 0 Å². The van der Waals surface area contributed by atoms with E-state index < -0.39 is 0 Å². The number of hydrogen-bond donors (Lipinski definition) is 2. The van der Waals surface area contributed by atoms with Crippen LogP contribution in [0.4, 0.5) is 10.5 Å². The van der Waals surface area contributed by atoms with Gasteiger partial charge >= 0.3 is 6.03 Å². The van der Waals surface area contributed by atoms with Gasteiger partial charge in [0.15, 0.2) is 0 Å². The van der Waals surface area contributed by atoms with Crippen molar-refractivity contribution in [1.82, 2.24) is 10.2 Å². The summed E-state index contributed by atoms with van der Waals surface area (Å²) in [5.74, 6) is 0.619. The molecule has 1 fully saturated rings. The van der Waals surface area contributed by atoms with E-state index in [1.165, 1.54) is 0 Å². The zero-order valence-electron chi connectivity index (χ0n) is 14.0. The third-order valence-electron chi connectivity index (χ3n) is 4.19. The fourth-order valence-corrected chi connectivity index (χ4v) is 2.69. The van der Waals surface area contributed by atoms with Crippen LogP contribution in [0, 0.1) is 11.8 Å². The number of nitrogens with zero attached hydrogens (tertiary/aromatic N) is 1. The highest BCUT2D eigenvalue weighted by Crippen LogP contribution is 2.19. The fraction of sp³-hybridized carbons (Fsp3) is 0.556. The van der Waals surface area contributed by atoms with E-state index in [-0.39, 0.29) is 17.9 Å². The Bertz CT molecular complexity index is 508. The number of anilines is 1. The molecule has 0 atom stereocenters. The minimum Gasteiger partial charge on any atom is -0.338 e. The second kappa shape index (κ2) is 8.56. The molecular weight excluding hydrogens is 290 g/mol. The maximum atomic E-state index is 12.3. The molecule has 0 saturated carbocycles. The molecule has 1 aromatic rings. The van der Waals surface area contributed by atoms with E-state index >= 15 is 0 Å². The number of benzene rings is 1. The lowest BCUT2D eigenvalue weighted by Crippen LogP contribution is -2.46. The maximum absolute atomic E-state index is 12.3. The molecule has 2 rings (SSSR count). The number of piperidine rings is 1. The Morgan fingerprint density at radius 1 is 1.17 bits per heavy atom. The van der Waals surface area contributed by atoms with E-state index in [1.54, 1.807) is 0 Å². The summed E-state index contributed by atoms with van der Waals surface area (Å²) >= 11 is 0. The summed E-state index contributed by atoms with van der Waals surface area (Å²) < 4.78 is 0. The summed E-state index contributed by atoms with van der Waals surface area (Å²) in [6, 6.07) is 9.49. The first kappa shape index (κ1) is 17.3. The summed E-state index contributed by atoms with van der Waals surface area (Å²) in [6.45, 7) is 6.28. The number of urea groups is 1. The molecule has 2 N–H and O–H groups in total. The minimum atomic E-state index is -0.0186. The number of nitrogens with one attached hydrogen (secondary N) is 2. The minimum absolute atomic E-state index is 0.00688. The van der Waals surface area contributed by atoms with Crippen molar-refractivity contribution in [2.45, 2.75) is 33.1 Å². The maximum Gasteiger partial charge on any atom is 0.317 e. The predicted molar refractivity (Wildman–Crippen MR) is 92.2 cm³/mol. The molecular formula is C18H27N3O2. The van der Waals surface area contributed by atoms with Crippen molar-refractivity contribution in [3.05, 3.63) is 30.3 Å². The number of hydrogen-bond acceptors (Lipinski definition) is 2. The highest BCUT2D eigenvalue weighted by Gasteiger charge is 2.27. The van der Waals surface area contributed by atoms with Crippen molar-refractivity contribution in [1.29, 1.82) is 0 Å². The Hall–Kier alpha value is -2.04. The molecule has 0 aliphatic carbocycles. The van der Waals surface area contributed by atoms with Gasteiger partial charge in [-0.25, -0.2) is 4.79 Å². The molecule has 0 bridgehead atoms. The van der Waals surface area contributed by atoms with E-state index in [9.17, 15) is 9.59 Å². The van der Waals surface area contributed by atoms with Gasteiger partial charge in [0.1, 0.15) is 0 Å². The third-order valence-corrected chi connectivity index (χ3v) is 4.19. The molecule has 0 radical (unpaired) electrons. The lowest BCUT2D eigenvalue weighted by molar-refractivity contribution is -0.121. The molecule has 1 aromatic carbocycles. The molecule has 0 unspecified atom stereocenters. The Morgan fingerprint density at radius 2 is 1.83 bits per heavy atom. The van der Waals surface area contributed by atoms with Crippen LogP contribution < -0.4 is 10.6 Å². The molecule has 1 saturated heterocycles. The monoisotopic (exact) mass is 317 g/mol. The van der Waals surface area contributed by atoms with Gasteiger partial charge in [0, 0.05) is 31.2 Å². The smallest absolute Gasteiger partial charge is 0.317 e. The summed E-state index contributed by atoms with van der Waals surface area (Å²) in [7, 11) is 0. The number of rotatable bonds is 5. The largest absolute Gasteiger partial charge is 0.338 e. The Balaban J connectivity index is 1.73. The molecule has 23 heavy (non-hydrogen) atoms. The average Bonchev–Trinajstić information content (AvgIpc) is 2.55. The number of para-hydroxylation sites is 1. The van der Waals surface area contributed by atoms with E-state index in [0.717, 1.165) is 24.9 Å². The number of amides is 3. The van der Waals surface area contributed by atoms with Gasteiger partial charge in [-0.3, -0.25) is 4.79 Å². The van der Waals surface area contributed by atoms with Crippen LogP contribution >= 0.6 is 0 Å². The normalized spacial score (nSPS) is 15.5. The molecule has 3 amide bonds. The van der Waals surface area contributed by atoms with Gasteiger partial charge in [-0.15, -0.1) is 0 Å². The second-order valence-electron chi connectivity index (χ2n) is 6.53. The van der Waals surface area contributed by atoms with Gasteiger partial charge in [-0.1, -0.05) is 32.0 Å². The Kier molecular flexibility index (Phi) is 6.44. The quantitative estimate of drug-likeness (QED) is 0.876. The van der Waals surface area contributed by atoms with Crippen molar-refractivity contribution < 1.29 is 9.59 Å². The molecule has 126 valence electrons.